The third kappa shape index (κ3) is 6.27. The predicted octanol–water partition coefficient (Wildman–Crippen LogP) is 6.36. The highest BCUT2D eigenvalue weighted by atomic mass is 32.2. The molecule has 1 aromatic carbocycles. The molecule has 0 bridgehead atoms. The Morgan fingerprint density at radius 2 is 1.82 bits per heavy atom. The topological polar surface area (TPSA) is 65.2 Å². The molecular formula is C27H35F6N3O2S. The number of nitrogens with one attached hydrogen (secondary N) is 2. The van der Waals surface area contributed by atoms with E-state index < -0.39 is 39.2 Å². The fourth-order valence-electron chi connectivity index (χ4n) is 7.31. The van der Waals surface area contributed by atoms with Crippen LogP contribution in [0.3, 0.4) is 0 Å². The molecule has 5 nitrogen and oxygen atoms in total. The number of halogens is 6. The second-order valence-corrected chi connectivity index (χ2v) is 13.6. The summed E-state index contributed by atoms with van der Waals surface area (Å²) < 4.78 is 106. The van der Waals surface area contributed by atoms with Gasteiger partial charge in [-0.1, -0.05) is 26.2 Å². The molecule has 12 heteroatoms. The molecule has 2 heterocycles. The molecule has 3 aliphatic rings. The van der Waals surface area contributed by atoms with E-state index >= 15 is 0 Å². The number of hydrogen-bond acceptors (Lipinski definition) is 3. The van der Waals surface area contributed by atoms with Crippen LogP contribution in [-0.2, 0) is 22.6 Å². The van der Waals surface area contributed by atoms with E-state index in [0.29, 0.717) is 42.6 Å². The Morgan fingerprint density at radius 1 is 1.10 bits per heavy atom. The lowest BCUT2D eigenvalue weighted by molar-refractivity contribution is -0.137. The van der Waals surface area contributed by atoms with Crippen LogP contribution in [0, 0.1) is 11.8 Å². The van der Waals surface area contributed by atoms with E-state index in [1.807, 2.05) is 0 Å². The number of likely N-dealkylation sites (tertiary alicyclic amines) is 1. The van der Waals surface area contributed by atoms with Gasteiger partial charge in [0.25, 0.3) is 0 Å². The Labute approximate surface area is 224 Å². The van der Waals surface area contributed by atoms with Crippen molar-refractivity contribution in [1.82, 2.24) is 14.6 Å². The van der Waals surface area contributed by atoms with E-state index in [4.69, 9.17) is 0 Å². The SMILES string of the molecule is C[C@H]1c2c([nH]c3ccc(C(F)(F)F)cc23)C[C@H]2CCN(CCC3(NS(=O)(=O)CC(F)(F)F)CCCCC3)C[C@@H]21. The van der Waals surface area contributed by atoms with Gasteiger partial charge in [-0.2, -0.15) is 26.3 Å². The fourth-order valence-corrected chi connectivity index (χ4v) is 8.78. The van der Waals surface area contributed by atoms with Gasteiger partial charge in [-0.25, -0.2) is 13.1 Å². The number of alkyl halides is 6. The van der Waals surface area contributed by atoms with Crippen molar-refractivity contribution in [2.45, 2.75) is 82.1 Å². The minimum absolute atomic E-state index is 0.0349. The zero-order valence-electron chi connectivity index (χ0n) is 21.9. The van der Waals surface area contributed by atoms with Crippen molar-refractivity contribution in [1.29, 1.82) is 0 Å². The van der Waals surface area contributed by atoms with Gasteiger partial charge in [-0.3, -0.25) is 0 Å². The normalized spacial score (nSPS) is 26.4. The number of piperidine rings is 1. The van der Waals surface area contributed by atoms with Crippen LogP contribution in [0.25, 0.3) is 10.9 Å². The van der Waals surface area contributed by atoms with Gasteiger partial charge in [0.1, 0.15) is 0 Å². The molecule has 0 radical (unpaired) electrons. The van der Waals surface area contributed by atoms with E-state index in [-0.39, 0.29) is 11.8 Å². The highest BCUT2D eigenvalue weighted by Gasteiger charge is 2.43. The summed E-state index contributed by atoms with van der Waals surface area (Å²) in [5.74, 6) is -1.24. The molecule has 5 rings (SSSR count). The van der Waals surface area contributed by atoms with Crippen molar-refractivity contribution >= 4 is 20.9 Å². The molecule has 3 atom stereocenters. The van der Waals surface area contributed by atoms with Gasteiger partial charge in [-0.05, 0) is 86.7 Å². The molecule has 39 heavy (non-hydrogen) atoms. The standard InChI is InChI=1S/C27H35F6N3O2S/c1-17-21-15-36(12-10-25(8-3-2-4-9-25)35-39(37,38)16-26(28,29)30)11-7-18(21)13-23-24(17)20-14-19(27(31,32)33)5-6-22(20)34-23/h5-6,14,17-18,21,34-35H,2-4,7-13,15-16H2,1H3/t17-,18-,21-/m1/s1. The van der Waals surface area contributed by atoms with E-state index in [1.54, 1.807) is 0 Å². The molecule has 1 aromatic heterocycles. The second kappa shape index (κ2) is 10.2. The van der Waals surface area contributed by atoms with Crippen LogP contribution in [0.5, 0.6) is 0 Å². The molecule has 2 fully saturated rings. The minimum atomic E-state index is -4.80. The third-order valence-electron chi connectivity index (χ3n) is 9.15. The molecule has 0 amide bonds. The maximum Gasteiger partial charge on any atom is 0.416 e. The second-order valence-electron chi connectivity index (χ2n) is 11.8. The van der Waals surface area contributed by atoms with Gasteiger partial charge >= 0.3 is 12.4 Å². The largest absolute Gasteiger partial charge is 0.416 e. The first-order chi connectivity index (χ1) is 18.1. The van der Waals surface area contributed by atoms with Crippen LogP contribution in [0.1, 0.15) is 74.6 Å². The van der Waals surface area contributed by atoms with Crippen molar-refractivity contribution < 1.29 is 34.8 Å². The summed E-state index contributed by atoms with van der Waals surface area (Å²) in [6, 6.07) is 3.85. The Balaban J connectivity index is 1.31. The van der Waals surface area contributed by atoms with Crippen molar-refractivity contribution in [2.75, 3.05) is 25.4 Å². The Kier molecular flexibility index (Phi) is 7.54. The van der Waals surface area contributed by atoms with Gasteiger partial charge < -0.3 is 9.88 Å². The lowest BCUT2D eigenvalue weighted by atomic mass is 9.68. The molecule has 1 aliphatic heterocycles. The Bertz CT molecular complexity index is 1300. The molecule has 2 N–H and O–H groups in total. The van der Waals surface area contributed by atoms with Crippen LogP contribution in [-0.4, -0.2) is 55.4 Å². The summed E-state index contributed by atoms with van der Waals surface area (Å²) in [4.78, 5) is 5.61. The van der Waals surface area contributed by atoms with Crippen molar-refractivity contribution in [2.24, 2.45) is 11.8 Å². The number of fused-ring (bicyclic) bond motifs is 4. The summed E-state index contributed by atoms with van der Waals surface area (Å²) in [6.45, 7) is 4.15. The number of aromatic amines is 1. The van der Waals surface area contributed by atoms with Crippen LogP contribution in [0.15, 0.2) is 18.2 Å². The van der Waals surface area contributed by atoms with Gasteiger partial charge in [-0.15, -0.1) is 0 Å². The summed E-state index contributed by atoms with van der Waals surface area (Å²) in [5, 5.41) is 0.614. The van der Waals surface area contributed by atoms with Crippen LogP contribution in [0.4, 0.5) is 26.3 Å². The van der Waals surface area contributed by atoms with E-state index in [2.05, 4.69) is 21.5 Å². The molecular weight excluding hydrogens is 544 g/mol. The predicted molar refractivity (Wildman–Crippen MR) is 137 cm³/mol. The zero-order valence-corrected chi connectivity index (χ0v) is 22.7. The molecule has 1 saturated heterocycles. The number of aromatic nitrogens is 1. The summed E-state index contributed by atoms with van der Waals surface area (Å²) >= 11 is 0. The smallest absolute Gasteiger partial charge is 0.358 e. The number of nitrogens with zero attached hydrogens (tertiary/aromatic N) is 1. The first-order valence-corrected chi connectivity index (χ1v) is 15.3. The van der Waals surface area contributed by atoms with Crippen molar-refractivity contribution in [3.05, 3.63) is 35.0 Å². The quantitative estimate of drug-likeness (QED) is 0.392. The highest BCUT2D eigenvalue weighted by molar-refractivity contribution is 7.89. The molecule has 2 aromatic rings. The number of benzene rings is 1. The third-order valence-corrected chi connectivity index (χ3v) is 10.6. The number of rotatable bonds is 6. The molecule has 1 saturated carbocycles. The first-order valence-electron chi connectivity index (χ1n) is 13.7. The van der Waals surface area contributed by atoms with Gasteiger partial charge in [0.05, 0.1) is 5.56 Å². The molecule has 0 unspecified atom stereocenters. The summed E-state index contributed by atoms with van der Waals surface area (Å²) in [7, 11) is -4.52. The van der Waals surface area contributed by atoms with Crippen LogP contribution >= 0.6 is 0 Å². The minimum Gasteiger partial charge on any atom is -0.358 e. The summed E-state index contributed by atoms with van der Waals surface area (Å²) in [6.07, 6.45) is -3.63. The van der Waals surface area contributed by atoms with Gasteiger partial charge in [0, 0.05) is 28.7 Å². The maximum absolute atomic E-state index is 13.4. The van der Waals surface area contributed by atoms with E-state index in [0.717, 1.165) is 62.5 Å². The van der Waals surface area contributed by atoms with Crippen LogP contribution < -0.4 is 4.72 Å². The van der Waals surface area contributed by atoms with E-state index in [1.165, 1.54) is 12.1 Å². The van der Waals surface area contributed by atoms with E-state index in [9.17, 15) is 34.8 Å². The van der Waals surface area contributed by atoms with Gasteiger partial charge in [0.15, 0.2) is 5.75 Å². The Hall–Kier alpha value is -1.79. The zero-order chi connectivity index (χ0) is 28.2. The lowest BCUT2D eigenvalue weighted by Gasteiger charge is -2.46. The first kappa shape index (κ1) is 28.7. The van der Waals surface area contributed by atoms with Crippen LogP contribution in [0.2, 0.25) is 0 Å². The summed E-state index contributed by atoms with van der Waals surface area (Å²) in [5.41, 5.74) is 1.12. The number of hydrogen-bond donors (Lipinski definition) is 2. The molecule has 218 valence electrons. The monoisotopic (exact) mass is 579 g/mol. The fraction of sp³-hybridized carbons (Fsp3) is 0.704. The van der Waals surface area contributed by atoms with Crippen molar-refractivity contribution in [3.8, 4) is 0 Å². The molecule has 0 spiro atoms. The average Bonchev–Trinajstić information content (AvgIpc) is 3.19. The number of sulfonamides is 1. The van der Waals surface area contributed by atoms with Crippen molar-refractivity contribution in [3.63, 3.8) is 0 Å². The molecule has 2 aliphatic carbocycles. The lowest BCUT2D eigenvalue weighted by Crippen LogP contribution is -2.54. The maximum atomic E-state index is 13.4. The Morgan fingerprint density at radius 3 is 2.49 bits per heavy atom. The van der Waals surface area contributed by atoms with Gasteiger partial charge in [0.2, 0.25) is 10.0 Å². The highest BCUT2D eigenvalue weighted by Crippen LogP contribution is 2.47. The average molecular weight is 580 g/mol. The number of H-pyrrole nitrogens is 1.